The van der Waals surface area contributed by atoms with Crippen molar-refractivity contribution in [3.05, 3.63) is 0 Å². The number of hydrogen-bond acceptors (Lipinski definition) is 2. The Morgan fingerprint density at radius 1 is 0.875 bits per heavy atom. The van der Waals surface area contributed by atoms with Crippen molar-refractivity contribution in [2.24, 2.45) is 5.92 Å². The number of ether oxygens (including phenoxy) is 1. The van der Waals surface area contributed by atoms with Crippen molar-refractivity contribution in [2.45, 2.75) is 76.5 Å². The lowest BCUT2D eigenvalue weighted by Crippen LogP contribution is -2.46. The molecule has 4 unspecified atom stereocenters. The second-order valence-corrected chi connectivity index (χ2v) is 5.70. The van der Waals surface area contributed by atoms with Crippen LogP contribution in [0.15, 0.2) is 0 Å². The van der Waals surface area contributed by atoms with Gasteiger partial charge in [-0.25, -0.2) is 0 Å². The van der Waals surface area contributed by atoms with Crippen LogP contribution < -0.4 is 5.32 Å². The van der Waals surface area contributed by atoms with Crippen LogP contribution in [0.1, 0.15) is 58.3 Å². The zero-order valence-corrected chi connectivity index (χ0v) is 10.9. The van der Waals surface area contributed by atoms with Gasteiger partial charge < -0.3 is 10.1 Å². The maximum atomic E-state index is 5.67. The summed E-state index contributed by atoms with van der Waals surface area (Å²) in [5.41, 5.74) is 0. The van der Waals surface area contributed by atoms with E-state index in [9.17, 15) is 0 Å². The minimum absolute atomic E-state index is 0.454. The van der Waals surface area contributed by atoms with E-state index in [0.29, 0.717) is 12.1 Å². The largest absolute Gasteiger partial charge is 0.380 e. The molecule has 0 aromatic heterocycles. The zero-order chi connectivity index (χ0) is 11.4. The molecular weight excluding hydrogens is 198 g/mol. The molecule has 1 N–H and O–H groups in total. The first-order valence-electron chi connectivity index (χ1n) is 7.10. The van der Waals surface area contributed by atoms with Crippen LogP contribution >= 0.6 is 0 Å². The molecule has 0 spiro atoms. The van der Waals surface area contributed by atoms with Crippen LogP contribution in [-0.2, 0) is 4.74 Å². The topological polar surface area (TPSA) is 21.3 Å². The van der Waals surface area contributed by atoms with Crippen molar-refractivity contribution in [2.75, 3.05) is 7.11 Å². The zero-order valence-electron chi connectivity index (χ0n) is 10.9. The Morgan fingerprint density at radius 2 is 1.62 bits per heavy atom. The van der Waals surface area contributed by atoms with Crippen molar-refractivity contribution >= 4 is 0 Å². The van der Waals surface area contributed by atoms with Gasteiger partial charge in [-0.1, -0.05) is 32.6 Å². The van der Waals surface area contributed by atoms with E-state index >= 15 is 0 Å². The molecule has 2 fully saturated rings. The summed E-state index contributed by atoms with van der Waals surface area (Å²) in [7, 11) is 1.88. The van der Waals surface area contributed by atoms with Crippen LogP contribution in [0.3, 0.4) is 0 Å². The second-order valence-electron chi connectivity index (χ2n) is 5.70. The highest BCUT2D eigenvalue weighted by molar-refractivity contribution is 4.88. The highest BCUT2D eigenvalue weighted by Crippen LogP contribution is 2.28. The Bertz CT molecular complexity index is 207. The molecule has 0 saturated heterocycles. The van der Waals surface area contributed by atoms with Crippen molar-refractivity contribution < 1.29 is 4.74 Å². The van der Waals surface area contributed by atoms with Crippen LogP contribution in [-0.4, -0.2) is 25.3 Å². The minimum Gasteiger partial charge on any atom is -0.380 e. The molecule has 0 heterocycles. The molecule has 2 saturated carbocycles. The second kappa shape index (κ2) is 6.02. The normalized spacial score (nSPS) is 40.9. The highest BCUT2D eigenvalue weighted by atomic mass is 16.5. The summed E-state index contributed by atoms with van der Waals surface area (Å²) in [5, 5.41) is 3.88. The van der Waals surface area contributed by atoms with Gasteiger partial charge in [0.25, 0.3) is 0 Å². The Balaban J connectivity index is 1.89. The van der Waals surface area contributed by atoms with E-state index in [-0.39, 0.29) is 0 Å². The van der Waals surface area contributed by atoms with Crippen LogP contribution in [0.25, 0.3) is 0 Å². The molecule has 0 aromatic carbocycles. The first-order chi connectivity index (χ1) is 7.81. The van der Waals surface area contributed by atoms with Gasteiger partial charge in [0.2, 0.25) is 0 Å². The molecule has 2 nitrogen and oxygen atoms in total. The molecule has 2 heteroatoms. The van der Waals surface area contributed by atoms with Gasteiger partial charge in [-0.2, -0.15) is 0 Å². The van der Waals surface area contributed by atoms with Crippen LogP contribution in [0.4, 0.5) is 0 Å². The number of hydrogen-bond donors (Lipinski definition) is 1. The molecule has 16 heavy (non-hydrogen) atoms. The molecule has 0 radical (unpaired) electrons. The van der Waals surface area contributed by atoms with Gasteiger partial charge in [0.05, 0.1) is 6.10 Å². The third-order valence-corrected chi connectivity index (χ3v) is 4.54. The molecule has 4 atom stereocenters. The first-order valence-corrected chi connectivity index (χ1v) is 7.10. The predicted octanol–water partition coefficient (Wildman–Crippen LogP) is 3.11. The highest BCUT2D eigenvalue weighted by Gasteiger charge is 2.29. The number of nitrogens with one attached hydrogen (secondary N) is 1. The molecule has 0 bridgehead atoms. The summed E-state index contributed by atoms with van der Waals surface area (Å²) >= 11 is 0. The lowest BCUT2D eigenvalue weighted by molar-refractivity contribution is 0.0574. The first kappa shape index (κ1) is 12.4. The lowest BCUT2D eigenvalue weighted by atomic mass is 10.0. The third-order valence-electron chi connectivity index (χ3n) is 4.54. The van der Waals surface area contributed by atoms with Gasteiger partial charge >= 0.3 is 0 Å². The van der Waals surface area contributed by atoms with E-state index in [1.54, 1.807) is 0 Å². The molecule has 2 aliphatic carbocycles. The predicted molar refractivity (Wildman–Crippen MR) is 67.6 cm³/mol. The Hall–Kier alpha value is -0.0800. The summed E-state index contributed by atoms with van der Waals surface area (Å²) < 4.78 is 5.67. The Kier molecular flexibility index (Phi) is 4.66. The fourth-order valence-corrected chi connectivity index (χ4v) is 3.41. The fourth-order valence-electron chi connectivity index (χ4n) is 3.41. The third kappa shape index (κ3) is 2.98. The van der Waals surface area contributed by atoms with Crippen molar-refractivity contribution in [1.82, 2.24) is 5.32 Å². The standard InChI is InChI=1S/C14H27NO/c1-11-7-6-9-12(11)15-13-8-4-3-5-10-14(13)16-2/h11-15H,3-10H2,1-2H3. The van der Waals surface area contributed by atoms with Gasteiger partial charge in [0.1, 0.15) is 0 Å². The maximum Gasteiger partial charge on any atom is 0.0724 e. The van der Waals surface area contributed by atoms with Crippen molar-refractivity contribution in [3.8, 4) is 0 Å². The summed E-state index contributed by atoms with van der Waals surface area (Å²) in [6.45, 7) is 2.39. The Labute approximate surface area is 100 Å². The number of methoxy groups -OCH3 is 1. The van der Waals surface area contributed by atoms with E-state index < -0.39 is 0 Å². The van der Waals surface area contributed by atoms with E-state index in [0.717, 1.165) is 12.0 Å². The van der Waals surface area contributed by atoms with Crippen LogP contribution in [0, 0.1) is 5.92 Å². The summed E-state index contributed by atoms with van der Waals surface area (Å²) in [4.78, 5) is 0. The van der Waals surface area contributed by atoms with E-state index in [4.69, 9.17) is 4.74 Å². The minimum atomic E-state index is 0.454. The number of rotatable bonds is 3. The molecule has 0 aliphatic heterocycles. The SMILES string of the molecule is COC1CCCCCC1NC1CCCC1C. The van der Waals surface area contributed by atoms with Gasteiger partial charge in [-0.3, -0.25) is 0 Å². The van der Waals surface area contributed by atoms with Crippen LogP contribution in [0.2, 0.25) is 0 Å². The van der Waals surface area contributed by atoms with E-state index in [1.807, 2.05) is 7.11 Å². The maximum absolute atomic E-state index is 5.67. The van der Waals surface area contributed by atoms with Crippen LogP contribution in [0.5, 0.6) is 0 Å². The summed E-state index contributed by atoms with van der Waals surface area (Å²) in [5.74, 6) is 0.862. The van der Waals surface area contributed by atoms with E-state index in [1.165, 1.54) is 51.4 Å². The van der Waals surface area contributed by atoms with Gasteiger partial charge in [-0.05, 0) is 31.6 Å². The molecular formula is C14H27NO. The lowest BCUT2D eigenvalue weighted by Gasteiger charge is -2.30. The quantitative estimate of drug-likeness (QED) is 0.745. The van der Waals surface area contributed by atoms with Gasteiger partial charge in [-0.15, -0.1) is 0 Å². The monoisotopic (exact) mass is 225 g/mol. The summed E-state index contributed by atoms with van der Waals surface area (Å²) in [6, 6.07) is 1.36. The average molecular weight is 225 g/mol. The molecule has 94 valence electrons. The fraction of sp³-hybridized carbons (Fsp3) is 1.00. The van der Waals surface area contributed by atoms with Crippen molar-refractivity contribution in [3.63, 3.8) is 0 Å². The smallest absolute Gasteiger partial charge is 0.0724 e. The molecule has 2 aliphatic rings. The van der Waals surface area contributed by atoms with Gasteiger partial charge in [0.15, 0.2) is 0 Å². The molecule has 0 aromatic rings. The summed E-state index contributed by atoms with van der Waals surface area (Å²) in [6.07, 6.45) is 11.3. The van der Waals surface area contributed by atoms with E-state index in [2.05, 4.69) is 12.2 Å². The van der Waals surface area contributed by atoms with Crippen molar-refractivity contribution in [1.29, 1.82) is 0 Å². The Morgan fingerprint density at radius 3 is 2.31 bits per heavy atom. The average Bonchev–Trinajstić information content (AvgIpc) is 2.56. The van der Waals surface area contributed by atoms with Gasteiger partial charge in [0, 0.05) is 19.2 Å². The molecule has 0 amide bonds. The molecule has 2 rings (SSSR count).